The lowest BCUT2D eigenvalue weighted by Gasteiger charge is -2.01. The number of carbonyl (C=O) groups is 1. The molecule has 0 fully saturated rings. The molecule has 0 saturated carbocycles. The molecule has 0 atom stereocenters. The van der Waals surface area contributed by atoms with Gasteiger partial charge in [-0.25, -0.2) is 0 Å². The van der Waals surface area contributed by atoms with E-state index in [1.165, 1.54) is 7.11 Å². The molecule has 1 aromatic rings. The zero-order valence-electron chi connectivity index (χ0n) is 12.5. The summed E-state index contributed by atoms with van der Waals surface area (Å²) in [5, 5.41) is 4.99. The normalized spacial score (nSPS) is 8.67. The lowest BCUT2D eigenvalue weighted by Crippen LogP contribution is -2.14. The van der Waals surface area contributed by atoms with E-state index >= 15 is 0 Å². The Morgan fingerprint density at radius 1 is 1.28 bits per heavy atom. The molecule has 1 heterocycles. The summed E-state index contributed by atoms with van der Waals surface area (Å²) >= 11 is 3.35. The molecule has 0 bridgehead atoms. The van der Waals surface area contributed by atoms with Gasteiger partial charge in [0.25, 0.3) is 0 Å². The number of alkyl halides is 1. The van der Waals surface area contributed by atoms with Gasteiger partial charge in [-0.05, 0) is 19.4 Å². The highest BCUT2D eigenvalue weighted by molar-refractivity contribution is 9.08. The first-order valence-corrected chi connectivity index (χ1v) is 7.38. The molecule has 0 aliphatic heterocycles. The first-order chi connectivity index (χ1) is 8.60. The minimum absolute atomic E-state index is 0.177. The molecule has 106 valence electrons. The van der Waals surface area contributed by atoms with Crippen molar-refractivity contribution in [3.05, 3.63) is 17.0 Å². The molecule has 18 heavy (non-hydrogen) atoms. The highest BCUT2D eigenvalue weighted by Gasteiger charge is 2.12. The third-order valence-electron chi connectivity index (χ3n) is 2.24. The number of carbonyl (C=O) groups excluding carboxylic acids is 1. The number of hydrogen-bond acceptors (Lipinski definition) is 3. The molecule has 4 nitrogen and oxygen atoms in total. The van der Waals surface area contributed by atoms with Gasteiger partial charge >= 0.3 is 5.97 Å². The standard InChI is InChI=1S/C9H13BrN2O2.2C2H6/c1-6-7(2)12(5-9(13)14-3)11-8(6)4-10;2*1-2/h4-5H2,1-3H3;2*1-2H3. The minimum Gasteiger partial charge on any atom is -0.468 e. The average Bonchev–Trinajstić information content (AvgIpc) is 2.71. The van der Waals surface area contributed by atoms with Crippen LogP contribution in [0.4, 0.5) is 0 Å². The second-order valence-electron chi connectivity index (χ2n) is 3.02. The Hall–Kier alpha value is -0.840. The molecule has 5 heteroatoms. The van der Waals surface area contributed by atoms with E-state index in [0.717, 1.165) is 17.0 Å². The van der Waals surface area contributed by atoms with Crippen LogP contribution in [0.2, 0.25) is 0 Å². The van der Waals surface area contributed by atoms with Crippen molar-refractivity contribution in [2.24, 2.45) is 0 Å². The van der Waals surface area contributed by atoms with Crippen LogP contribution in [0.25, 0.3) is 0 Å². The molecule has 1 rings (SSSR count). The molecule has 0 aliphatic rings. The number of nitrogens with zero attached hydrogens (tertiary/aromatic N) is 2. The summed E-state index contributed by atoms with van der Waals surface area (Å²) in [6.45, 7) is 12.1. The number of rotatable bonds is 3. The summed E-state index contributed by atoms with van der Waals surface area (Å²) in [5.74, 6) is -0.281. The van der Waals surface area contributed by atoms with Gasteiger partial charge in [0.15, 0.2) is 0 Å². The monoisotopic (exact) mass is 320 g/mol. The molecule has 0 saturated heterocycles. The Morgan fingerprint density at radius 3 is 2.11 bits per heavy atom. The quantitative estimate of drug-likeness (QED) is 0.631. The summed E-state index contributed by atoms with van der Waals surface area (Å²) in [5.41, 5.74) is 3.09. The molecule has 0 N–H and O–H groups in total. The Kier molecular flexibility index (Phi) is 12.2. The van der Waals surface area contributed by atoms with Crippen LogP contribution in [0.1, 0.15) is 44.6 Å². The largest absolute Gasteiger partial charge is 0.468 e. The fourth-order valence-electron chi connectivity index (χ4n) is 1.17. The van der Waals surface area contributed by atoms with Crippen molar-refractivity contribution >= 4 is 21.9 Å². The van der Waals surface area contributed by atoms with Crippen molar-refractivity contribution in [1.29, 1.82) is 0 Å². The molecule has 0 aromatic carbocycles. The predicted molar refractivity (Wildman–Crippen MR) is 79.0 cm³/mol. The molecule has 0 amide bonds. The maximum Gasteiger partial charge on any atom is 0.327 e. The number of aromatic nitrogens is 2. The van der Waals surface area contributed by atoms with E-state index in [4.69, 9.17) is 0 Å². The van der Waals surface area contributed by atoms with Gasteiger partial charge in [-0.15, -0.1) is 0 Å². The average molecular weight is 321 g/mol. The predicted octanol–water partition coefficient (Wildman–Crippen LogP) is 3.62. The molecule has 0 unspecified atom stereocenters. The van der Waals surface area contributed by atoms with Crippen molar-refractivity contribution in [3.63, 3.8) is 0 Å². The second-order valence-corrected chi connectivity index (χ2v) is 3.59. The Bertz CT molecular complexity index is 349. The van der Waals surface area contributed by atoms with Gasteiger partial charge in [0.2, 0.25) is 0 Å². The lowest BCUT2D eigenvalue weighted by atomic mass is 10.2. The summed E-state index contributed by atoms with van der Waals surface area (Å²) in [4.78, 5) is 11.0. The van der Waals surface area contributed by atoms with Crippen molar-refractivity contribution in [2.75, 3.05) is 7.11 Å². The molecule has 0 aliphatic carbocycles. The van der Waals surface area contributed by atoms with Crippen molar-refractivity contribution in [2.45, 2.75) is 53.4 Å². The SMILES string of the molecule is CC.CC.COC(=O)Cn1nc(CBr)c(C)c1C. The van der Waals surface area contributed by atoms with Gasteiger partial charge in [-0.2, -0.15) is 5.10 Å². The molecular weight excluding hydrogens is 296 g/mol. The zero-order valence-corrected chi connectivity index (χ0v) is 14.1. The highest BCUT2D eigenvalue weighted by atomic mass is 79.9. The first-order valence-electron chi connectivity index (χ1n) is 6.25. The van der Waals surface area contributed by atoms with Crippen LogP contribution in [-0.4, -0.2) is 22.9 Å². The first kappa shape index (κ1) is 19.5. The fourth-order valence-corrected chi connectivity index (χ4v) is 1.70. The molecule has 0 radical (unpaired) electrons. The maximum absolute atomic E-state index is 11.0. The van der Waals surface area contributed by atoms with E-state index in [2.05, 4.69) is 25.8 Å². The maximum atomic E-state index is 11.0. The summed E-state index contributed by atoms with van der Waals surface area (Å²) in [6.07, 6.45) is 0. The fraction of sp³-hybridized carbons (Fsp3) is 0.692. The summed E-state index contributed by atoms with van der Waals surface area (Å²) in [6, 6.07) is 0. The molecule has 0 spiro atoms. The van der Waals surface area contributed by atoms with Crippen molar-refractivity contribution in [3.8, 4) is 0 Å². The van der Waals surface area contributed by atoms with Gasteiger partial charge in [0.05, 0.1) is 12.8 Å². The van der Waals surface area contributed by atoms with Crippen LogP contribution in [0.15, 0.2) is 0 Å². The summed E-state index contributed by atoms with van der Waals surface area (Å²) < 4.78 is 6.24. The Morgan fingerprint density at radius 2 is 1.78 bits per heavy atom. The molecule has 1 aromatic heterocycles. The second kappa shape index (κ2) is 11.3. The van der Waals surface area contributed by atoms with Gasteiger partial charge < -0.3 is 4.74 Å². The smallest absolute Gasteiger partial charge is 0.327 e. The Labute approximate surface area is 119 Å². The van der Waals surface area contributed by atoms with Crippen molar-refractivity contribution in [1.82, 2.24) is 9.78 Å². The van der Waals surface area contributed by atoms with E-state index in [1.807, 2.05) is 41.5 Å². The number of methoxy groups -OCH3 is 1. The highest BCUT2D eigenvalue weighted by Crippen LogP contribution is 2.14. The number of hydrogen-bond donors (Lipinski definition) is 0. The van der Waals surface area contributed by atoms with E-state index < -0.39 is 0 Å². The van der Waals surface area contributed by atoms with Gasteiger partial charge in [-0.3, -0.25) is 9.48 Å². The van der Waals surface area contributed by atoms with Crippen LogP contribution in [-0.2, 0) is 21.4 Å². The van der Waals surface area contributed by atoms with Gasteiger partial charge in [-0.1, -0.05) is 43.6 Å². The Balaban J connectivity index is 0. The van der Waals surface area contributed by atoms with Crippen molar-refractivity contribution < 1.29 is 9.53 Å². The van der Waals surface area contributed by atoms with Crippen LogP contribution >= 0.6 is 15.9 Å². The van der Waals surface area contributed by atoms with Crippen LogP contribution in [0.3, 0.4) is 0 Å². The topological polar surface area (TPSA) is 44.1 Å². The zero-order chi connectivity index (χ0) is 14.7. The number of esters is 1. The minimum atomic E-state index is -0.281. The third kappa shape index (κ3) is 5.67. The number of ether oxygens (including phenoxy) is 1. The third-order valence-corrected chi connectivity index (χ3v) is 2.77. The van der Waals surface area contributed by atoms with E-state index in [9.17, 15) is 4.79 Å². The van der Waals surface area contributed by atoms with E-state index in [-0.39, 0.29) is 12.5 Å². The molecular formula is C13H25BrN2O2. The lowest BCUT2D eigenvalue weighted by molar-refractivity contribution is -0.141. The summed E-state index contributed by atoms with van der Waals surface area (Å²) in [7, 11) is 1.37. The van der Waals surface area contributed by atoms with Crippen LogP contribution < -0.4 is 0 Å². The van der Waals surface area contributed by atoms with Crippen LogP contribution in [0, 0.1) is 13.8 Å². The van der Waals surface area contributed by atoms with Gasteiger partial charge in [0.1, 0.15) is 6.54 Å². The number of halogens is 1. The van der Waals surface area contributed by atoms with Gasteiger partial charge in [0, 0.05) is 11.0 Å². The van der Waals surface area contributed by atoms with E-state index in [1.54, 1.807) is 4.68 Å². The van der Waals surface area contributed by atoms with E-state index in [0.29, 0.717) is 5.33 Å². The van der Waals surface area contributed by atoms with Crippen LogP contribution in [0.5, 0.6) is 0 Å².